The highest BCUT2D eigenvalue weighted by Crippen LogP contribution is 2.38. The lowest BCUT2D eigenvalue weighted by molar-refractivity contribution is -0.107. The number of likely N-dealkylation sites (tertiary alicyclic amines) is 1. The highest BCUT2D eigenvalue weighted by atomic mass is 16.5. The van der Waals surface area contributed by atoms with E-state index < -0.39 is 5.60 Å². The van der Waals surface area contributed by atoms with E-state index in [0.717, 1.165) is 37.5 Å². The molecule has 0 radical (unpaired) electrons. The van der Waals surface area contributed by atoms with Crippen LogP contribution in [0.25, 0.3) is 0 Å². The summed E-state index contributed by atoms with van der Waals surface area (Å²) in [5.41, 5.74) is 1.44. The van der Waals surface area contributed by atoms with E-state index in [1.165, 1.54) is 5.56 Å². The fourth-order valence-corrected chi connectivity index (χ4v) is 3.29. The summed E-state index contributed by atoms with van der Waals surface area (Å²) in [7, 11) is 0. The molecule has 1 aliphatic rings. The minimum atomic E-state index is -0.600. The van der Waals surface area contributed by atoms with Crippen molar-refractivity contribution in [2.24, 2.45) is 5.41 Å². The molecule has 1 N–H and O–H groups in total. The van der Waals surface area contributed by atoms with Crippen molar-refractivity contribution in [3.63, 3.8) is 0 Å². The van der Waals surface area contributed by atoms with Gasteiger partial charge in [-0.15, -0.1) is 0 Å². The third kappa shape index (κ3) is 4.39. The van der Waals surface area contributed by atoms with Crippen LogP contribution >= 0.6 is 0 Å². The Morgan fingerprint density at radius 3 is 2.72 bits per heavy atom. The first-order chi connectivity index (χ1) is 11.9. The van der Waals surface area contributed by atoms with Crippen molar-refractivity contribution in [1.29, 1.82) is 0 Å². The molecule has 3 rings (SSSR count). The lowest BCUT2D eigenvalue weighted by Gasteiger charge is -2.48. The van der Waals surface area contributed by atoms with Crippen molar-refractivity contribution in [1.82, 2.24) is 9.88 Å². The fourth-order valence-electron chi connectivity index (χ4n) is 3.29. The molecule has 1 aromatic carbocycles. The molecular weight excluding hydrogens is 312 g/mol. The minimum Gasteiger partial charge on any atom is -0.487 e. The van der Waals surface area contributed by atoms with Gasteiger partial charge in [0.15, 0.2) is 0 Å². The van der Waals surface area contributed by atoms with Crippen LogP contribution in [0.15, 0.2) is 48.7 Å². The Bertz CT molecular complexity index is 698. The largest absolute Gasteiger partial charge is 0.487 e. The maximum Gasteiger partial charge on any atom is 0.130 e. The highest BCUT2D eigenvalue weighted by molar-refractivity contribution is 5.28. The molecule has 0 aliphatic carbocycles. The van der Waals surface area contributed by atoms with Gasteiger partial charge in [0, 0.05) is 31.2 Å². The molecule has 1 fully saturated rings. The second-order valence-corrected chi connectivity index (χ2v) is 7.88. The second kappa shape index (κ2) is 7.14. The molecule has 4 nitrogen and oxygen atoms in total. The first-order valence-corrected chi connectivity index (χ1v) is 8.92. The lowest BCUT2D eigenvalue weighted by atomic mass is 9.71. The topological polar surface area (TPSA) is 45.6 Å². The predicted molar refractivity (Wildman–Crippen MR) is 99.3 cm³/mol. The van der Waals surface area contributed by atoms with Crippen LogP contribution in [0.2, 0.25) is 0 Å². The van der Waals surface area contributed by atoms with Gasteiger partial charge in [0.1, 0.15) is 12.4 Å². The number of hydrogen-bond donors (Lipinski definition) is 1. The summed E-state index contributed by atoms with van der Waals surface area (Å²) >= 11 is 0. The van der Waals surface area contributed by atoms with E-state index in [1.807, 2.05) is 37.3 Å². The molecule has 1 aliphatic heterocycles. The number of pyridine rings is 1. The molecule has 25 heavy (non-hydrogen) atoms. The summed E-state index contributed by atoms with van der Waals surface area (Å²) in [5.74, 6) is 0.867. The Hall–Kier alpha value is -1.91. The van der Waals surface area contributed by atoms with E-state index in [1.54, 1.807) is 6.20 Å². The molecule has 1 saturated heterocycles. The zero-order chi connectivity index (χ0) is 17.9. The van der Waals surface area contributed by atoms with Gasteiger partial charge in [-0.2, -0.15) is 0 Å². The van der Waals surface area contributed by atoms with E-state index in [9.17, 15) is 5.11 Å². The summed E-state index contributed by atoms with van der Waals surface area (Å²) < 4.78 is 5.87. The number of ether oxygens (including phenoxy) is 1. The maximum atomic E-state index is 10.6. The maximum absolute atomic E-state index is 10.6. The Morgan fingerprint density at radius 2 is 2.00 bits per heavy atom. The van der Waals surface area contributed by atoms with Gasteiger partial charge in [0.25, 0.3) is 0 Å². The van der Waals surface area contributed by atoms with Gasteiger partial charge < -0.3 is 9.84 Å². The molecular formula is C21H28N2O2. The number of aliphatic hydroxyl groups is 1. The molecule has 0 amide bonds. The third-order valence-electron chi connectivity index (χ3n) is 5.41. The fraction of sp³-hybridized carbons (Fsp3) is 0.476. The van der Waals surface area contributed by atoms with Gasteiger partial charge in [-0.1, -0.05) is 32.0 Å². The quantitative estimate of drug-likeness (QED) is 0.902. The van der Waals surface area contributed by atoms with Crippen molar-refractivity contribution in [3.05, 3.63) is 59.9 Å². The lowest BCUT2D eigenvalue weighted by Crippen LogP contribution is -2.55. The Morgan fingerprint density at radius 1 is 1.16 bits per heavy atom. The van der Waals surface area contributed by atoms with Crippen molar-refractivity contribution in [2.75, 3.05) is 13.1 Å². The number of aromatic nitrogens is 1. The Labute approximate surface area is 150 Å². The number of rotatable bonds is 5. The summed E-state index contributed by atoms with van der Waals surface area (Å²) in [4.78, 5) is 6.69. The average molecular weight is 340 g/mol. The number of piperidine rings is 1. The van der Waals surface area contributed by atoms with Gasteiger partial charge in [-0.05, 0) is 43.2 Å². The van der Waals surface area contributed by atoms with Gasteiger partial charge in [0.05, 0.1) is 11.3 Å². The first kappa shape index (κ1) is 17.9. The van der Waals surface area contributed by atoms with Gasteiger partial charge in [-0.3, -0.25) is 9.88 Å². The smallest absolute Gasteiger partial charge is 0.130 e. The van der Waals surface area contributed by atoms with Crippen LogP contribution in [0, 0.1) is 5.41 Å². The van der Waals surface area contributed by atoms with Crippen LogP contribution in [0.1, 0.15) is 38.4 Å². The van der Waals surface area contributed by atoms with E-state index in [2.05, 4.69) is 35.9 Å². The molecule has 2 heterocycles. The zero-order valence-corrected chi connectivity index (χ0v) is 15.4. The normalized spacial score (nSPS) is 23.4. The summed E-state index contributed by atoms with van der Waals surface area (Å²) in [6.45, 7) is 9.40. The number of benzene rings is 1. The van der Waals surface area contributed by atoms with Crippen molar-refractivity contribution in [2.45, 2.75) is 45.9 Å². The SMILES string of the molecule is CC1(C)CN(Cc2cccc(OCc3ccccn3)c2)CC[C@]1(C)O. The molecule has 134 valence electrons. The standard InChI is InChI=1S/C21H28N2O2/c1-20(2)16-23(12-10-21(20,3)24)14-17-7-6-9-19(13-17)25-15-18-8-4-5-11-22-18/h4-9,11,13,24H,10,12,14-16H2,1-3H3/t21-/m0/s1. The van der Waals surface area contributed by atoms with Crippen LogP contribution in [0.4, 0.5) is 0 Å². The second-order valence-electron chi connectivity index (χ2n) is 7.88. The van der Waals surface area contributed by atoms with Gasteiger partial charge in [-0.25, -0.2) is 0 Å². The molecule has 0 unspecified atom stereocenters. The van der Waals surface area contributed by atoms with Crippen molar-refractivity contribution >= 4 is 0 Å². The van der Waals surface area contributed by atoms with Crippen LogP contribution in [-0.2, 0) is 13.2 Å². The molecule has 2 aromatic rings. The van der Waals surface area contributed by atoms with E-state index >= 15 is 0 Å². The molecule has 0 spiro atoms. The van der Waals surface area contributed by atoms with Crippen molar-refractivity contribution < 1.29 is 9.84 Å². The van der Waals surface area contributed by atoms with E-state index in [0.29, 0.717) is 6.61 Å². The Kier molecular flexibility index (Phi) is 5.11. The molecule has 4 heteroatoms. The van der Waals surface area contributed by atoms with E-state index in [-0.39, 0.29) is 5.41 Å². The first-order valence-electron chi connectivity index (χ1n) is 8.92. The summed E-state index contributed by atoms with van der Waals surface area (Å²) in [6, 6.07) is 14.1. The predicted octanol–water partition coefficient (Wildman–Crippen LogP) is 3.64. The third-order valence-corrected chi connectivity index (χ3v) is 5.41. The van der Waals surface area contributed by atoms with Crippen LogP contribution in [0.5, 0.6) is 5.75 Å². The molecule has 0 bridgehead atoms. The number of hydrogen-bond acceptors (Lipinski definition) is 4. The summed E-state index contributed by atoms with van der Waals surface area (Å²) in [6.07, 6.45) is 2.58. The van der Waals surface area contributed by atoms with Gasteiger partial charge >= 0.3 is 0 Å². The zero-order valence-electron chi connectivity index (χ0n) is 15.4. The van der Waals surface area contributed by atoms with Crippen LogP contribution < -0.4 is 4.74 Å². The Balaban J connectivity index is 1.60. The van der Waals surface area contributed by atoms with Crippen LogP contribution in [-0.4, -0.2) is 33.7 Å². The highest BCUT2D eigenvalue weighted by Gasteiger charge is 2.43. The van der Waals surface area contributed by atoms with Crippen LogP contribution in [0.3, 0.4) is 0 Å². The minimum absolute atomic E-state index is 0.113. The molecule has 1 atom stereocenters. The number of nitrogens with zero attached hydrogens (tertiary/aromatic N) is 2. The monoisotopic (exact) mass is 340 g/mol. The summed E-state index contributed by atoms with van der Waals surface area (Å²) in [5, 5.41) is 10.6. The molecule has 0 saturated carbocycles. The van der Waals surface area contributed by atoms with Crippen molar-refractivity contribution in [3.8, 4) is 5.75 Å². The molecule has 1 aromatic heterocycles. The van der Waals surface area contributed by atoms with E-state index in [4.69, 9.17) is 4.74 Å². The average Bonchev–Trinajstić information content (AvgIpc) is 2.58. The van der Waals surface area contributed by atoms with Gasteiger partial charge in [0.2, 0.25) is 0 Å².